The van der Waals surface area contributed by atoms with Crippen molar-refractivity contribution in [3.8, 4) is 5.75 Å². The average Bonchev–Trinajstić information content (AvgIpc) is 3.10. The topological polar surface area (TPSA) is 88.5 Å². The largest absolute Gasteiger partial charge is 0.488 e. The number of aliphatic carboxylic acids is 1. The van der Waals surface area contributed by atoms with E-state index in [1.807, 2.05) is 38.1 Å². The number of pyridine rings is 1. The normalized spacial score (nSPS) is 18.9. The molecule has 0 unspecified atom stereocenters. The fraction of sp³-hybridized carbons (Fsp3) is 0.381. The summed E-state index contributed by atoms with van der Waals surface area (Å²) >= 11 is 0. The number of carboxylic acids is 1. The molecule has 0 aliphatic heterocycles. The van der Waals surface area contributed by atoms with Crippen LogP contribution in [0.5, 0.6) is 5.75 Å². The van der Waals surface area contributed by atoms with E-state index in [2.05, 4.69) is 10.3 Å². The van der Waals surface area contributed by atoms with Gasteiger partial charge in [0.2, 0.25) is 0 Å². The Morgan fingerprint density at radius 1 is 1.26 bits per heavy atom. The lowest BCUT2D eigenvalue weighted by Crippen LogP contribution is -2.33. The van der Waals surface area contributed by atoms with Crippen molar-refractivity contribution < 1.29 is 19.4 Å². The lowest BCUT2D eigenvalue weighted by Gasteiger charge is -2.16. The molecule has 2 N–H and O–H groups in total. The fourth-order valence-corrected chi connectivity index (χ4v) is 3.55. The maximum atomic E-state index is 12.6. The molecular formula is C21H24N2O4. The monoisotopic (exact) mass is 368 g/mol. The second-order valence-electron chi connectivity index (χ2n) is 7.11. The molecule has 1 aliphatic carbocycles. The summed E-state index contributed by atoms with van der Waals surface area (Å²) in [6.07, 6.45) is 5.28. The van der Waals surface area contributed by atoms with Gasteiger partial charge in [0.05, 0.1) is 5.92 Å². The number of rotatable bonds is 6. The third kappa shape index (κ3) is 4.64. The van der Waals surface area contributed by atoms with Gasteiger partial charge in [-0.05, 0) is 62.4 Å². The summed E-state index contributed by atoms with van der Waals surface area (Å²) in [6.45, 7) is 4.25. The van der Waals surface area contributed by atoms with E-state index in [0.29, 0.717) is 31.4 Å². The van der Waals surface area contributed by atoms with E-state index in [1.165, 1.54) is 0 Å². The van der Waals surface area contributed by atoms with Crippen LogP contribution in [0.3, 0.4) is 0 Å². The Labute approximate surface area is 158 Å². The molecule has 1 aromatic carbocycles. The highest BCUT2D eigenvalue weighted by molar-refractivity contribution is 5.95. The van der Waals surface area contributed by atoms with Crippen LogP contribution in [0.25, 0.3) is 0 Å². The molecule has 6 heteroatoms. The zero-order valence-corrected chi connectivity index (χ0v) is 15.6. The van der Waals surface area contributed by atoms with Gasteiger partial charge in [-0.2, -0.15) is 0 Å². The van der Waals surface area contributed by atoms with E-state index in [1.54, 1.807) is 12.4 Å². The Balaban J connectivity index is 1.65. The number of hydrogen-bond donors (Lipinski definition) is 2. The van der Waals surface area contributed by atoms with E-state index < -0.39 is 5.97 Å². The van der Waals surface area contributed by atoms with Gasteiger partial charge < -0.3 is 15.2 Å². The van der Waals surface area contributed by atoms with Crippen molar-refractivity contribution >= 4 is 11.9 Å². The second kappa shape index (κ2) is 8.20. The molecule has 6 nitrogen and oxygen atoms in total. The minimum absolute atomic E-state index is 0.0827. The first-order valence-corrected chi connectivity index (χ1v) is 9.10. The average molecular weight is 368 g/mol. The summed E-state index contributed by atoms with van der Waals surface area (Å²) in [5.74, 6) is -0.547. The molecular weight excluding hydrogens is 344 g/mol. The summed E-state index contributed by atoms with van der Waals surface area (Å²) < 4.78 is 5.93. The third-order valence-electron chi connectivity index (χ3n) is 4.95. The van der Waals surface area contributed by atoms with Crippen LogP contribution in [0.15, 0.2) is 36.7 Å². The molecule has 27 heavy (non-hydrogen) atoms. The lowest BCUT2D eigenvalue weighted by molar-refractivity contribution is -0.141. The van der Waals surface area contributed by atoms with Crippen LogP contribution >= 0.6 is 0 Å². The molecule has 142 valence electrons. The van der Waals surface area contributed by atoms with Crippen LogP contribution < -0.4 is 10.1 Å². The molecule has 1 heterocycles. The summed E-state index contributed by atoms with van der Waals surface area (Å²) in [6, 6.07) is 7.35. The van der Waals surface area contributed by atoms with Crippen LogP contribution in [-0.2, 0) is 11.4 Å². The van der Waals surface area contributed by atoms with Crippen molar-refractivity contribution in [3.05, 3.63) is 58.9 Å². The molecule has 2 atom stereocenters. The number of aryl methyl sites for hydroxylation is 2. The molecule has 0 spiro atoms. The van der Waals surface area contributed by atoms with Crippen LogP contribution in [0.1, 0.15) is 46.3 Å². The second-order valence-corrected chi connectivity index (χ2v) is 7.11. The van der Waals surface area contributed by atoms with Crippen molar-refractivity contribution in [1.82, 2.24) is 10.3 Å². The van der Waals surface area contributed by atoms with E-state index >= 15 is 0 Å². The third-order valence-corrected chi connectivity index (χ3v) is 4.95. The highest BCUT2D eigenvalue weighted by Gasteiger charge is 2.30. The van der Waals surface area contributed by atoms with Crippen LogP contribution in [0.2, 0.25) is 0 Å². The number of benzene rings is 1. The van der Waals surface area contributed by atoms with Crippen LogP contribution in [0.4, 0.5) is 0 Å². The van der Waals surface area contributed by atoms with Gasteiger partial charge in [-0.3, -0.25) is 14.6 Å². The predicted octanol–water partition coefficient (Wildman–Crippen LogP) is 3.26. The van der Waals surface area contributed by atoms with Crippen molar-refractivity contribution in [1.29, 1.82) is 0 Å². The van der Waals surface area contributed by atoms with Crippen LogP contribution in [-0.4, -0.2) is 28.0 Å². The first-order chi connectivity index (χ1) is 12.9. The summed E-state index contributed by atoms with van der Waals surface area (Å²) in [7, 11) is 0. The summed E-state index contributed by atoms with van der Waals surface area (Å²) in [5.41, 5.74) is 3.32. The smallest absolute Gasteiger partial charge is 0.306 e. The number of aromatic nitrogens is 1. The van der Waals surface area contributed by atoms with E-state index in [-0.39, 0.29) is 17.9 Å². The lowest BCUT2D eigenvalue weighted by atomic mass is 10.0. The molecule has 0 radical (unpaired) electrons. The Morgan fingerprint density at radius 3 is 2.59 bits per heavy atom. The number of amides is 1. The van der Waals surface area contributed by atoms with Crippen LogP contribution in [0, 0.1) is 19.8 Å². The molecule has 1 amide bonds. The van der Waals surface area contributed by atoms with Crippen molar-refractivity contribution in [2.45, 2.75) is 45.8 Å². The quantitative estimate of drug-likeness (QED) is 0.817. The molecule has 3 rings (SSSR count). The SMILES string of the molecule is Cc1cc(C(=O)N[C@@H]2CC[C@H](C(=O)O)C2)cc(C)c1OCc1cccnc1. The van der Waals surface area contributed by atoms with Gasteiger partial charge in [-0.15, -0.1) is 0 Å². The zero-order valence-electron chi connectivity index (χ0n) is 15.6. The number of hydrogen-bond acceptors (Lipinski definition) is 4. The number of nitrogens with one attached hydrogen (secondary N) is 1. The fourth-order valence-electron chi connectivity index (χ4n) is 3.55. The minimum atomic E-state index is -0.784. The number of ether oxygens (including phenoxy) is 1. The number of carbonyl (C=O) groups excluding carboxylic acids is 1. The maximum absolute atomic E-state index is 12.6. The van der Waals surface area contributed by atoms with E-state index in [4.69, 9.17) is 9.84 Å². The van der Waals surface area contributed by atoms with Crippen molar-refractivity contribution in [2.24, 2.45) is 5.92 Å². The van der Waals surface area contributed by atoms with Gasteiger partial charge in [0.1, 0.15) is 12.4 Å². The predicted molar refractivity (Wildman–Crippen MR) is 101 cm³/mol. The standard InChI is InChI=1S/C21H24N2O4/c1-13-8-17(20(24)23-18-6-5-16(10-18)21(25)26)9-14(2)19(13)27-12-15-4-3-7-22-11-15/h3-4,7-9,11,16,18H,5-6,10,12H2,1-2H3,(H,23,24)(H,25,26)/t16-,18+/m0/s1. The highest BCUT2D eigenvalue weighted by Crippen LogP contribution is 2.28. The van der Waals surface area contributed by atoms with Gasteiger partial charge in [0.15, 0.2) is 0 Å². The number of carbonyl (C=O) groups is 2. The molecule has 0 saturated heterocycles. The number of carboxylic acid groups (broad SMARTS) is 1. The van der Waals surface area contributed by atoms with E-state index in [9.17, 15) is 9.59 Å². The van der Waals surface area contributed by atoms with Gasteiger partial charge in [0.25, 0.3) is 5.91 Å². The molecule has 1 aliphatic rings. The Bertz CT molecular complexity index is 812. The highest BCUT2D eigenvalue weighted by atomic mass is 16.5. The first kappa shape index (κ1) is 18.9. The summed E-state index contributed by atoms with van der Waals surface area (Å²) in [4.78, 5) is 27.7. The Morgan fingerprint density at radius 2 is 2.00 bits per heavy atom. The van der Waals surface area contributed by atoms with Gasteiger partial charge in [-0.1, -0.05) is 6.07 Å². The van der Waals surface area contributed by atoms with Gasteiger partial charge in [-0.25, -0.2) is 0 Å². The van der Waals surface area contributed by atoms with Crippen molar-refractivity contribution in [3.63, 3.8) is 0 Å². The van der Waals surface area contributed by atoms with E-state index in [0.717, 1.165) is 22.4 Å². The molecule has 1 aromatic heterocycles. The van der Waals surface area contributed by atoms with Gasteiger partial charge >= 0.3 is 5.97 Å². The number of nitrogens with zero attached hydrogens (tertiary/aromatic N) is 1. The minimum Gasteiger partial charge on any atom is -0.488 e. The molecule has 2 aromatic rings. The molecule has 1 fully saturated rings. The summed E-state index contributed by atoms with van der Waals surface area (Å²) in [5, 5.41) is 12.0. The Hall–Kier alpha value is -2.89. The first-order valence-electron chi connectivity index (χ1n) is 9.10. The van der Waals surface area contributed by atoms with Crippen molar-refractivity contribution in [2.75, 3.05) is 0 Å². The molecule has 0 bridgehead atoms. The zero-order chi connectivity index (χ0) is 19.4. The molecule has 1 saturated carbocycles. The van der Waals surface area contributed by atoms with Gasteiger partial charge in [0, 0.05) is 29.6 Å². The Kier molecular flexibility index (Phi) is 5.74. The maximum Gasteiger partial charge on any atom is 0.306 e.